The topological polar surface area (TPSA) is 37.4 Å². The summed E-state index contributed by atoms with van der Waals surface area (Å²) < 4.78 is 0. The lowest BCUT2D eigenvalue weighted by molar-refractivity contribution is 0.636. The lowest BCUT2D eigenvalue weighted by atomic mass is 10.2. The van der Waals surface area contributed by atoms with Crippen LogP contribution in [0.1, 0.15) is 13.8 Å². The van der Waals surface area contributed by atoms with Crippen molar-refractivity contribution >= 4 is 5.69 Å². The van der Waals surface area contributed by atoms with Crippen molar-refractivity contribution in [3.8, 4) is 0 Å². The molecule has 0 spiro atoms. The largest absolute Gasteiger partial charge is 0.371 e. The van der Waals surface area contributed by atoms with E-state index in [1.54, 1.807) is 0 Å². The summed E-state index contributed by atoms with van der Waals surface area (Å²) in [5, 5.41) is 0. The molecule has 0 saturated heterocycles. The lowest BCUT2D eigenvalue weighted by Crippen LogP contribution is -2.38. The van der Waals surface area contributed by atoms with E-state index in [4.69, 9.17) is 0 Å². The van der Waals surface area contributed by atoms with E-state index in [1.165, 1.54) is 6.07 Å². The third-order valence-corrected chi connectivity index (χ3v) is 1.77. The Hall–Kier alpha value is -1.12. The average Bonchev–Trinajstić information content (AvgIpc) is 1.97. The van der Waals surface area contributed by atoms with Crippen molar-refractivity contribution in [2.45, 2.75) is 13.8 Å². The maximum Gasteiger partial charge on any atom is 0.249 e. The maximum absolute atomic E-state index is 10.9. The van der Waals surface area contributed by atoms with Crippen molar-refractivity contribution in [2.75, 3.05) is 18.5 Å². The van der Waals surface area contributed by atoms with Crippen molar-refractivity contribution in [2.24, 2.45) is 5.92 Å². The highest BCUT2D eigenvalue weighted by Crippen LogP contribution is 2.06. The first-order valence-corrected chi connectivity index (χ1v) is 4.04. The number of hydrogen-bond donors (Lipinski definition) is 0. The Kier molecular flexibility index (Phi) is 2.31. The summed E-state index contributed by atoms with van der Waals surface area (Å²) in [6, 6.07) is 1.39. The molecule has 12 heavy (non-hydrogen) atoms. The molecule has 0 aliphatic carbocycles. The zero-order valence-corrected chi connectivity index (χ0v) is 7.63. The minimum atomic E-state index is -0.374. The van der Waals surface area contributed by atoms with Crippen molar-refractivity contribution in [3.05, 3.63) is 26.5 Å². The van der Waals surface area contributed by atoms with E-state index in [-0.39, 0.29) is 10.9 Å². The maximum atomic E-state index is 10.9. The summed E-state index contributed by atoms with van der Waals surface area (Å²) in [7, 11) is 1.83. The van der Waals surface area contributed by atoms with Gasteiger partial charge in [-0.05, 0) is 5.92 Å². The summed E-state index contributed by atoms with van der Waals surface area (Å²) in [6.07, 6.45) is 0. The van der Waals surface area contributed by atoms with Crippen molar-refractivity contribution < 1.29 is 0 Å². The molecule has 0 heterocycles. The Morgan fingerprint density at radius 2 is 2.00 bits per heavy atom. The molecule has 0 radical (unpaired) electrons. The molecule has 0 aliphatic rings. The molecule has 0 fully saturated rings. The van der Waals surface area contributed by atoms with E-state index in [2.05, 4.69) is 13.8 Å². The predicted octanol–water partition coefficient (Wildman–Crippen LogP) is 0.375. The van der Waals surface area contributed by atoms with E-state index >= 15 is 0 Å². The van der Waals surface area contributed by atoms with E-state index in [0.717, 1.165) is 6.54 Å². The molecule has 0 amide bonds. The van der Waals surface area contributed by atoms with Crippen LogP contribution in [0.3, 0.4) is 0 Å². The van der Waals surface area contributed by atoms with Gasteiger partial charge in [0.2, 0.25) is 10.9 Å². The van der Waals surface area contributed by atoms with Gasteiger partial charge in [0.25, 0.3) is 0 Å². The van der Waals surface area contributed by atoms with Gasteiger partial charge < -0.3 is 4.90 Å². The predicted molar refractivity (Wildman–Crippen MR) is 49.5 cm³/mol. The summed E-state index contributed by atoms with van der Waals surface area (Å²) in [4.78, 5) is 23.3. The molecule has 1 aromatic rings. The summed E-state index contributed by atoms with van der Waals surface area (Å²) >= 11 is 0. The van der Waals surface area contributed by atoms with Crippen LogP contribution in [-0.4, -0.2) is 13.6 Å². The highest BCUT2D eigenvalue weighted by molar-refractivity contribution is 5.49. The molecule has 0 bridgehead atoms. The molecule has 0 atom stereocenters. The van der Waals surface area contributed by atoms with Crippen molar-refractivity contribution in [1.82, 2.24) is 0 Å². The SMILES string of the molecule is CC(C)CN(C)c1cc(=O)c1=O. The fourth-order valence-corrected chi connectivity index (χ4v) is 1.23. The minimum Gasteiger partial charge on any atom is -0.371 e. The van der Waals surface area contributed by atoms with Crippen molar-refractivity contribution in [3.63, 3.8) is 0 Å². The van der Waals surface area contributed by atoms with E-state index in [0.29, 0.717) is 11.6 Å². The molecular formula is C9H13NO2. The van der Waals surface area contributed by atoms with Crippen LogP contribution in [0.5, 0.6) is 0 Å². The third kappa shape index (κ3) is 1.55. The smallest absolute Gasteiger partial charge is 0.249 e. The quantitative estimate of drug-likeness (QED) is 0.610. The van der Waals surface area contributed by atoms with Crippen LogP contribution in [-0.2, 0) is 0 Å². The van der Waals surface area contributed by atoms with Crippen LogP contribution in [0.4, 0.5) is 5.69 Å². The molecular weight excluding hydrogens is 154 g/mol. The first kappa shape index (κ1) is 8.97. The van der Waals surface area contributed by atoms with Gasteiger partial charge in [0, 0.05) is 19.7 Å². The molecule has 0 aromatic heterocycles. The minimum absolute atomic E-state index is 0.349. The number of hydrogen-bond acceptors (Lipinski definition) is 3. The molecule has 0 unspecified atom stereocenters. The Morgan fingerprint density at radius 3 is 2.33 bits per heavy atom. The van der Waals surface area contributed by atoms with Crippen molar-refractivity contribution in [1.29, 1.82) is 0 Å². The van der Waals surface area contributed by atoms with E-state index in [9.17, 15) is 9.59 Å². The van der Waals surface area contributed by atoms with Gasteiger partial charge >= 0.3 is 0 Å². The Bertz CT molecular complexity index is 334. The highest BCUT2D eigenvalue weighted by Gasteiger charge is 2.13. The van der Waals surface area contributed by atoms with Crippen LogP contribution in [0.15, 0.2) is 15.7 Å². The fraction of sp³-hybridized carbons (Fsp3) is 0.556. The number of nitrogens with zero attached hydrogens (tertiary/aromatic N) is 1. The molecule has 3 heteroatoms. The fourth-order valence-electron chi connectivity index (χ4n) is 1.23. The number of anilines is 1. The molecule has 1 rings (SSSR count). The molecule has 1 aromatic carbocycles. The monoisotopic (exact) mass is 167 g/mol. The third-order valence-electron chi connectivity index (χ3n) is 1.77. The molecule has 66 valence electrons. The zero-order valence-electron chi connectivity index (χ0n) is 7.63. The van der Waals surface area contributed by atoms with Gasteiger partial charge in [0.15, 0.2) is 0 Å². The van der Waals surface area contributed by atoms with Crippen LogP contribution < -0.4 is 15.8 Å². The van der Waals surface area contributed by atoms with Gasteiger partial charge in [-0.2, -0.15) is 0 Å². The molecule has 0 saturated carbocycles. The molecule has 3 nitrogen and oxygen atoms in total. The Balaban J connectivity index is 2.69. The van der Waals surface area contributed by atoms with E-state index in [1.807, 2.05) is 11.9 Å². The summed E-state index contributed by atoms with van der Waals surface area (Å²) in [6.45, 7) is 4.95. The number of rotatable bonds is 3. The van der Waals surface area contributed by atoms with Crippen LogP contribution in [0.25, 0.3) is 0 Å². The van der Waals surface area contributed by atoms with Crippen LogP contribution in [0.2, 0.25) is 0 Å². The average molecular weight is 167 g/mol. The summed E-state index contributed by atoms with van der Waals surface area (Å²) in [5.41, 5.74) is -0.174. The van der Waals surface area contributed by atoms with Gasteiger partial charge in [-0.15, -0.1) is 0 Å². The van der Waals surface area contributed by atoms with Crippen LogP contribution in [0, 0.1) is 5.92 Å². The first-order valence-electron chi connectivity index (χ1n) is 4.04. The van der Waals surface area contributed by atoms with Gasteiger partial charge in [-0.3, -0.25) is 9.59 Å². The lowest BCUT2D eigenvalue weighted by Gasteiger charge is -2.21. The second-order valence-corrected chi connectivity index (χ2v) is 3.50. The van der Waals surface area contributed by atoms with E-state index < -0.39 is 0 Å². The van der Waals surface area contributed by atoms with Gasteiger partial charge in [0.05, 0.1) is 5.69 Å². The summed E-state index contributed by atoms with van der Waals surface area (Å²) in [5.74, 6) is 0.499. The second kappa shape index (κ2) is 3.09. The molecule has 0 aliphatic heterocycles. The zero-order chi connectivity index (χ0) is 9.30. The van der Waals surface area contributed by atoms with Gasteiger partial charge in [-0.1, -0.05) is 13.8 Å². The normalized spacial score (nSPS) is 11.0. The van der Waals surface area contributed by atoms with Crippen LogP contribution >= 0.6 is 0 Å². The first-order chi connectivity index (χ1) is 5.52. The molecule has 0 N–H and O–H groups in total. The second-order valence-electron chi connectivity index (χ2n) is 3.50. The Labute approximate surface area is 71.3 Å². The van der Waals surface area contributed by atoms with Gasteiger partial charge in [0.1, 0.15) is 0 Å². The highest BCUT2D eigenvalue weighted by atomic mass is 16.2. The standard InChI is InChI=1S/C9H13NO2/c1-6(2)5-10(3)7-4-8(11)9(7)12/h4,6H,5H2,1-3H3. The Morgan fingerprint density at radius 1 is 1.42 bits per heavy atom. The van der Waals surface area contributed by atoms with Gasteiger partial charge in [-0.25, -0.2) is 0 Å².